The lowest BCUT2D eigenvalue weighted by Gasteiger charge is -2.37. The van der Waals surface area contributed by atoms with Crippen LogP contribution in [0, 0.1) is 11.8 Å². The van der Waals surface area contributed by atoms with E-state index < -0.39 is 0 Å². The Morgan fingerprint density at radius 1 is 0.947 bits per heavy atom. The third kappa shape index (κ3) is 4.65. The lowest BCUT2D eigenvalue weighted by molar-refractivity contribution is 0.357. The number of halogens is 1. The first-order valence-corrected chi connectivity index (χ1v) is 13.9. The van der Waals surface area contributed by atoms with Gasteiger partial charge in [-0.2, -0.15) is 0 Å². The zero-order valence-corrected chi connectivity index (χ0v) is 23.1. The maximum atomic E-state index is 6.98. The van der Waals surface area contributed by atoms with Gasteiger partial charge in [0.1, 0.15) is 6.04 Å². The van der Waals surface area contributed by atoms with Gasteiger partial charge in [-0.3, -0.25) is 9.97 Å². The number of aromatic nitrogens is 3. The molecule has 1 N–H and O–H groups in total. The van der Waals surface area contributed by atoms with Crippen LogP contribution < -0.4 is 15.1 Å². The minimum absolute atomic E-state index is 0.142. The monoisotopic (exact) mass is 542 g/mol. The van der Waals surface area contributed by atoms with Gasteiger partial charge in [0.2, 0.25) is 0 Å². The number of nitrogens with zero attached hydrogens (tertiary/aromatic N) is 5. The van der Waals surface area contributed by atoms with Gasteiger partial charge in [-0.1, -0.05) is 31.5 Å². The summed E-state index contributed by atoms with van der Waals surface area (Å²) in [6.45, 7) is 6.68. The Bertz CT molecular complexity index is 1420. The van der Waals surface area contributed by atoms with E-state index in [9.17, 15) is 0 Å². The Kier molecular flexibility index (Phi) is 6.80. The lowest BCUT2D eigenvalue weighted by atomic mass is 9.91. The van der Waals surface area contributed by atoms with Crippen molar-refractivity contribution in [1.82, 2.24) is 19.9 Å². The van der Waals surface area contributed by atoms with Crippen LogP contribution >= 0.6 is 23.8 Å². The maximum absolute atomic E-state index is 6.98. The molecule has 2 fully saturated rings. The van der Waals surface area contributed by atoms with Gasteiger partial charge in [0.25, 0.3) is 0 Å². The van der Waals surface area contributed by atoms with Gasteiger partial charge >= 0.3 is 0 Å². The average molecular weight is 543 g/mol. The molecule has 3 aromatic heterocycles. The second kappa shape index (κ2) is 10.4. The summed E-state index contributed by atoms with van der Waals surface area (Å²) in [6, 6.07) is 20.3. The van der Waals surface area contributed by atoms with Crippen LogP contribution in [-0.4, -0.2) is 32.7 Å². The van der Waals surface area contributed by atoms with Crippen molar-refractivity contribution >= 4 is 40.3 Å². The van der Waals surface area contributed by atoms with Gasteiger partial charge in [-0.25, -0.2) is 0 Å². The molecule has 0 aliphatic carbocycles. The summed E-state index contributed by atoms with van der Waals surface area (Å²) < 4.78 is 2.17. The van der Waals surface area contributed by atoms with Gasteiger partial charge in [0.15, 0.2) is 5.11 Å². The minimum atomic E-state index is -0.149. The molecule has 8 heteroatoms. The van der Waals surface area contributed by atoms with E-state index in [1.807, 2.05) is 36.7 Å². The summed E-state index contributed by atoms with van der Waals surface area (Å²) in [5.74, 6) is 1.29. The molecule has 0 amide bonds. The van der Waals surface area contributed by atoms with Crippen molar-refractivity contribution in [2.45, 2.75) is 32.4 Å². The van der Waals surface area contributed by atoms with E-state index in [1.54, 1.807) is 6.20 Å². The molecular formula is C30H31ClN6S. The fraction of sp³-hybridized carbons (Fsp3) is 0.300. The molecule has 0 saturated carbocycles. The molecule has 38 heavy (non-hydrogen) atoms. The fourth-order valence-corrected chi connectivity index (χ4v) is 6.70. The van der Waals surface area contributed by atoms with Crippen LogP contribution in [0.5, 0.6) is 0 Å². The molecule has 5 heterocycles. The molecule has 2 aliphatic heterocycles. The normalized spacial score (nSPS) is 23.5. The highest BCUT2D eigenvalue weighted by Crippen LogP contribution is 2.44. The summed E-state index contributed by atoms with van der Waals surface area (Å²) in [6.07, 6.45) is 8.81. The van der Waals surface area contributed by atoms with E-state index in [4.69, 9.17) is 23.8 Å². The second-order valence-electron chi connectivity index (χ2n) is 10.5. The Hall–Kier alpha value is -3.42. The smallest absolute Gasteiger partial charge is 0.174 e. The number of rotatable bonds is 5. The molecule has 0 bridgehead atoms. The van der Waals surface area contributed by atoms with Crippen LogP contribution in [0.3, 0.4) is 0 Å². The predicted octanol–water partition coefficient (Wildman–Crippen LogP) is 6.58. The first-order valence-electron chi connectivity index (χ1n) is 13.1. The SMILES string of the molecule is C[C@@H]1C[C@H](C)CN(c2ccc(N3C(=S)N[C@@H](c4ccccn4)[C@H]3c3cccn3-c3cccnc3)cc2Cl)C1. The zero-order valence-electron chi connectivity index (χ0n) is 21.5. The largest absolute Gasteiger partial charge is 0.370 e. The van der Waals surface area contributed by atoms with Crippen LogP contribution in [-0.2, 0) is 0 Å². The van der Waals surface area contributed by atoms with Crippen molar-refractivity contribution in [2.75, 3.05) is 22.9 Å². The Morgan fingerprint density at radius 2 is 1.79 bits per heavy atom. The fourth-order valence-electron chi connectivity index (χ4n) is 6.06. The molecule has 4 atom stereocenters. The summed E-state index contributed by atoms with van der Waals surface area (Å²) in [5, 5.41) is 4.95. The summed E-state index contributed by atoms with van der Waals surface area (Å²) in [7, 11) is 0. The first kappa shape index (κ1) is 24.9. The van der Waals surface area contributed by atoms with Gasteiger partial charge in [-0.15, -0.1) is 0 Å². The van der Waals surface area contributed by atoms with Crippen LogP contribution in [0.2, 0.25) is 5.02 Å². The highest BCUT2D eigenvalue weighted by Gasteiger charge is 2.42. The van der Waals surface area contributed by atoms with Crippen molar-refractivity contribution < 1.29 is 0 Å². The summed E-state index contributed by atoms with van der Waals surface area (Å²) in [4.78, 5) is 13.6. The van der Waals surface area contributed by atoms with Gasteiger partial charge in [0.05, 0.1) is 34.3 Å². The number of pyridine rings is 2. The first-order chi connectivity index (χ1) is 18.5. The highest BCUT2D eigenvalue weighted by atomic mass is 35.5. The van der Waals surface area contributed by atoms with Gasteiger partial charge in [-0.05, 0) is 85.1 Å². The molecule has 1 aromatic carbocycles. The quantitative estimate of drug-likeness (QED) is 0.287. The van der Waals surface area contributed by atoms with Crippen LogP contribution in [0.15, 0.2) is 85.5 Å². The van der Waals surface area contributed by atoms with Crippen molar-refractivity contribution in [3.63, 3.8) is 0 Å². The minimum Gasteiger partial charge on any atom is -0.370 e. The van der Waals surface area contributed by atoms with Crippen molar-refractivity contribution in [2.24, 2.45) is 11.8 Å². The molecule has 2 saturated heterocycles. The number of hydrogen-bond acceptors (Lipinski definition) is 4. The maximum Gasteiger partial charge on any atom is 0.174 e. The van der Waals surface area contributed by atoms with Crippen LogP contribution in [0.25, 0.3) is 5.69 Å². The Balaban J connectivity index is 1.42. The highest BCUT2D eigenvalue weighted by molar-refractivity contribution is 7.80. The van der Waals surface area contributed by atoms with E-state index >= 15 is 0 Å². The van der Waals surface area contributed by atoms with E-state index in [-0.39, 0.29) is 12.1 Å². The van der Waals surface area contributed by atoms with E-state index in [0.29, 0.717) is 16.9 Å². The zero-order chi connectivity index (χ0) is 26.2. The van der Waals surface area contributed by atoms with Crippen LogP contribution in [0.1, 0.15) is 43.7 Å². The van der Waals surface area contributed by atoms with E-state index in [2.05, 4.69) is 86.1 Å². The number of hydrogen-bond donors (Lipinski definition) is 1. The number of piperidine rings is 1. The van der Waals surface area contributed by atoms with Gasteiger partial charge < -0.3 is 19.7 Å². The van der Waals surface area contributed by atoms with E-state index in [1.165, 1.54) is 6.42 Å². The third-order valence-electron chi connectivity index (χ3n) is 7.52. The van der Waals surface area contributed by atoms with E-state index in [0.717, 1.165) is 46.6 Å². The molecule has 194 valence electrons. The molecule has 0 unspecified atom stereocenters. The Labute approximate surface area is 234 Å². The molecule has 6 rings (SSSR count). The molecule has 4 aromatic rings. The van der Waals surface area contributed by atoms with Gasteiger partial charge in [0, 0.05) is 43.1 Å². The van der Waals surface area contributed by atoms with Crippen LogP contribution in [0.4, 0.5) is 11.4 Å². The van der Waals surface area contributed by atoms with Crippen molar-refractivity contribution in [3.8, 4) is 5.69 Å². The molecular weight excluding hydrogens is 512 g/mol. The third-order valence-corrected chi connectivity index (χ3v) is 8.14. The predicted molar refractivity (Wildman–Crippen MR) is 158 cm³/mol. The molecule has 2 aliphatic rings. The summed E-state index contributed by atoms with van der Waals surface area (Å²) in [5.41, 5.74) is 5.05. The molecule has 6 nitrogen and oxygen atoms in total. The van der Waals surface area contributed by atoms with Crippen molar-refractivity contribution in [1.29, 1.82) is 0 Å². The average Bonchev–Trinajstić information content (AvgIpc) is 3.53. The molecule has 0 spiro atoms. The number of nitrogens with one attached hydrogen (secondary N) is 1. The lowest BCUT2D eigenvalue weighted by Crippen LogP contribution is -2.38. The number of benzene rings is 1. The Morgan fingerprint density at radius 3 is 2.50 bits per heavy atom. The topological polar surface area (TPSA) is 49.2 Å². The number of thiocarbonyl (C=S) groups is 1. The summed E-state index contributed by atoms with van der Waals surface area (Å²) >= 11 is 12.9. The van der Waals surface area contributed by atoms with Crippen molar-refractivity contribution in [3.05, 3.63) is 102 Å². The second-order valence-corrected chi connectivity index (χ2v) is 11.3. The molecule has 0 radical (unpaired) electrons. The number of anilines is 2. The standard InChI is InChI=1S/C30H31ClN6S/c1-20-15-21(2)19-35(18-20)26-11-10-22(16-24(26)31)37-29(28(34-30(37)38)25-8-3-4-13-33-25)27-9-6-14-36(27)23-7-5-12-32-17-23/h3-14,16-17,20-21,28-29H,15,18-19H2,1-2H3,(H,34,38)/t20-,21+,28-,29+/m0/s1.